The molecule has 3 nitrogen and oxygen atoms in total. The van der Waals surface area contributed by atoms with E-state index in [9.17, 15) is 0 Å². The first kappa shape index (κ1) is 14.4. The van der Waals surface area contributed by atoms with Crippen LogP contribution in [0.15, 0.2) is 17.1 Å². The van der Waals surface area contributed by atoms with E-state index in [-0.39, 0.29) is 0 Å². The summed E-state index contributed by atoms with van der Waals surface area (Å²) < 4.78 is 0. The maximum Gasteiger partial charge on any atom is 0.191 e. The van der Waals surface area contributed by atoms with Crippen LogP contribution in [-0.2, 0) is 0 Å². The van der Waals surface area contributed by atoms with Crippen LogP contribution in [0.25, 0.3) is 0 Å². The van der Waals surface area contributed by atoms with Crippen molar-refractivity contribution < 1.29 is 0 Å². The zero-order chi connectivity index (χ0) is 13.5. The Balaban J connectivity index is 1.84. The van der Waals surface area contributed by atoms with Crippen LogP contribution in [0.3, 0.4) is 0 Å². The first-order chi connectivity index (χ1) is 9.29. The van der Waals surface area contributed by atoms with Gasteiger partial charge in [0.2, 0.25) is 0 Å². The molecule has 0 aromatic heterocycles. The molecule has 2 aliphatic carbocycles. The van der Waals surface area contributed by atoms with Crippen molar-refractivity contribution in [3.05, 3.63) is 12.2 Å². The van der Waals surface area contributed by atoms with E-state index < -0.39 is 0 Å². The number of rotatable bonds is 4. The molecule has 3 heteroatoms. The minimum Gasteiger partial charge on any atom is -0.357 e. The van der Waals surface area contributed by atoms with E-state index in [1.807, 2.05) is 0 Å². The summed E-state index contributed by atoms with van der Waals surface area (Å²) in [5.41, 5.74) is 0. The second kappa shape index (κ2) is 7.56. The number of nitrogens with one attached hydrogen (secondary N) is 2. The predicted molar refractivity (Wildman–Crippen MR) is 82.4 cm³/mol. The molecule has 19 heavy (non-hydrogen) atoms. The Morgan fingerprint density at radius 1 is 1.21 bits per heavy atom. The third kappa shape index (κ3) is 4.55. The zero-order valence-corrected chi connectivity index (χ0v) is 12.5. The van der Waals surface area contributed by atoms with Gasteiger partial charge in [-0.1, -0.05) is 38.3 Å². The smallest absolute Gasteiger partial charge is 0.191 e. The van der Waals surface area contributed by atoms with Crippen LogP contribution in [0.4, 0.5) is 0 Å². The van der Waals surface area contributed by atoms with Gasteiger partial charge >= 0.3 is 0 Å². The van der Waals surface area contributed by atoms with Gasteiger partial charge in [-0.25, -0.2) is 0 Å². The van der Waals surface area contributed by atoms with Gasteiger partial charge in [0, 0.05) is 19.1 Å². The second-order valence-electron chi connectivity index (χ2n) is 6.03. The molecule has 0 radical (unpaired) electrons. The number of guanidine groups is 1. The molecule has 0 aromatic carbocycles. The summed E-state index contributed by atoms with van der Waals surface area (Å²) in [5, 5.41) is 6.92. The number of hydrogen-bond acceptors (Lipinski definition) is 1. The van der Waals surface area contributed by atoms with Crippen molar-refractivity contribution in [2.45, 2.75) is 58.4 Å². The molecule has 0 saturated heterocycles. The van der Waals surface area contributed by atoms with Gasteiger partial charge in [0.25, 0.3) is 0 Å². The molecular weight excluding hydrogens is 234 g/mol. The average molecular weight is 263 g/mol. The topological polar surface area (TPSA) is 36.4 Å². The third-order valence-corrected chi connectivity index (χ3v) is 4.47. The summed E-state index contributed by atoms with van der Waals surface area (Å²) in [4.78, 5) is 4.82. The molecule has 0 bridgehead atoms. The Labute approximate surface area is 118 Å². The standard InChI is InChI=1S/C16H29N3/c1-3-17-16(19-15-10-6-7-11-15)18-12-14-9-5-4-8-13(14)2/h6-7,13-15H,3-5,8-12H2,1-2H3,(H2,17,18,19). The highest BCUT2D eigenvalue weighted by Crippen LogP contribution is 2.29. The maximum atomic E-state index is 4.82. The van der Waals surface area contributed by atoms with E-state index >= 15 is 0 Å². The predicted octanol–water partition coefficient (Wildman–Crippen LogP) is 3.09. The fourth-order valence-corrected chi connectivity index (χ4v) is 3.12. The van der Waals surface area contributed by atoms with Crippen LogP contribution in [-0.4, -0.2) is 25.1 Å². The highest BCUT2D eigenvalue weighted by molar-refractivity contribution is 5.80. The SMILES string of the molecule is CCNC(=NCC1CCCCC1C)NC1CC=CC1. The normalized spacial score (nSPS) is 28.6. The largest absolute Gasteiger partial charge is 0.357 e. The van der Waals surface area contributed by atoms with Gasteiger partial charge in [0.05, 0.1) is 0 Å². The van der Waals surface area contributed by atoms with Crippen LogP contribution >= 0.6 is 0 Å². The van der Waals surface area contributed by atoms with Crippen molar-refractivity contribution in [3.8, 4) is 0 Å². The molecule has 108 valence electrons. The summed E-state index contributed by atoms with van der Waals surface area (Å²) in [7, 11) is 0. The first-order valence-corrected chi connectivity index (χ1v) is 7.99. The van der Waals surface area contributed by atoms with Gasteiger partial charge in [-0.2, -0.15) is 0 Å². The van der Waals surface area contributed by atoms with Crippen molar-refractivity contribution in [3.63, 3.8) is 0 Å². The summed E-state index contributed by atoms with van der Waals surface area (Å²) >= 11 is 0. The molecule has 2 aliphatic rings. The zero-order valence-electron chi connectivity index (χ0n) is 12.5. The summed E-state index contributed by atoms with van der Waals surface area (Å²) in [6.45, 7) is 6.44. The molecule has 2 N–H and O–H groups in total. The number of aliphatic imine (C=N–C) groups is 1. The average Bonchev–Trinajstić information content (AvgIpc) is 2.91. The van der Waals surface area contributed by atoms with Gasteiger partial charge in [0.1, 0.15) is 0 Å². The van der Waals surface area contributed by atoms with Gasteiger partial charge < -0.3 is 10.6 Å². The highest BCUT2D eigenvalue weighted by atomic mass is 15.2. The molecule has 0 aromatic rings. The van der Waals surface area contributed by atoms with Gasteiger partial charge in [-0.15, -0.1) is 0 Å². The Morgan fingerprint density at radius 3 is 2.63 bits per heavy atom. The fourth-order valence-electron chi connectivity index (χ4n) is 3.12. The maximum absolute atomic E-state index is 4.82. The van der Waals surface area contributed by atoms with Gasteiger partial charge in [-0.05, 0) is 38.0 Å². The third-order valence-electron chi connectivity index (χ3n) is 4.47. The van der Waals surface area contributed by atoms with Gasteiger partial charge in [0.15, 0.2) is 5.96 Å². The van der Waals surface area contributed by atoms with Crippen molar-refractivity contribution in [2.24, 2.45) is 16.8 Å². The second-order valence-corrected chi connectivity index (χ2v) is 6.03. The van der Waals surface area contributed by atoms with E-state index in [0.717, 1.165) is 43.7 Å². The lowest BCUT2D eigenvalue weighted by molar-refractivity contribution is 0.263. The molecule has 2 rings (SSSR count). The molecule has 0 spiro atoms. The van der Waals surface area contributed by atoms with Crippen LogP contribution in [0.1, 0.15) is 52.4 Å². The summed E-state index contributed by atoms with van der Waals surface area (Å²) in [6.07, 6.45) is 12.3. The van der Waals surface area contributed by atoms with E-state index in [1.54, 1.807) is 0 Å². The van der Waals surface area contributed by atoms with E-state index in [2.05, 4.69) is 36.6 Å². The van der Waals surface area contributed by atoms with Crippen molar-refractivity contribution in [1.82, 2.24) is 10.6 Å². The van der Waals surface area contributed by atoms with Crippen molar-refractivity contribution in [1.29, 1.82) is 0 Å². The Kier molecular flexibility index (Phi) is 5.74. The van der Waals surface area contributed by atoms with Gasteiger partial charge in [-0.3, -0.25) is 4.99 Å². The quantitative estimate of drug-likeness (QED) is 0.464. The van der Waals surface area contributed by atoms with E-state index in [0.29, 0.717) is 6.04 Å². The number of nitrogens with zero attached hydrogens (tertiary/aromatic N) is 1. The fraction of sp³-hybridized carbons (Fsp3) is 0.812. The van der Waals surface area contributed by atoms with Crippen LogP contribution in [0.5, 0.6) is 0 Å². The molecular formula is C16H29N3. The monoisotopic (exact) mass is 263 g/mol. The lowest BCUT2D eigenvalue weighted by atomic mass is 9.80. The van der Waals surface area contributed by atoms with E-state index in [1.165, 1.54) is 25.7 Å². The van der Waals surface area contributed by atoms with Crippen LogP contribution in [0, 0.1) is 11.8 Å². The number of hydrogen-bond donors (Lipinski definition) is 2. The van der Waals surface area contributed by atoms with Crippen LogP contribution in [0.2, 0.25) is 0 Å². The molecule has 1 saturated carbocycles. The van der Waals surface area contributed by atoms with E-state index in [4.69, 9.17) is 4.99 Å². The molecule has 0 amide bonds. The lowest BCUT2D eigenvalue weighted by Crippen LogP contribution is -2.42. The lowest BCUT2D eigenvalue weighted by Gasteiger charge is -2.27. The van der Waals surface area contributed by atoms with Crippen molar-refractivity contribution >= 4 is 5.96 Å². The highest BCUT2D eigenvalue weighted by Gasteiger charge is 2.21. The minimum absolute atomic E-state index is 0.543. The summed E-state index contributed by atoms with van der Waals surface area (Å²) in [5.74, 6) is 2.63. The Morgan fingerprint density at radius 2 is 1.95 bits per heavy atom. The molecule has 2 atom stereocenters. The van der Waals surface area contributed by atoms with Crippen LogP contribution < -0.4 is 10.6 Å². The van der Waals surface area contributed by atoms with Crippen molar-refractivity contribution in [2.75, 3.05) is 13.1 Å². The Hall–Kier alpha value is -0.990. The molecule has 2 unspecified atom stereocenters. The molecule has 1 fully saturated rings. The first-order valence-electron chi connectivity index (χ1n) is 7.99. The minimum atomic E-state index is 0.543. The Bertz CT molecular complexity index is 314. The summed E-state index contributed by atoms with van der Waals surface area (Å²) in [6, 6.07) is 0.543. The molecule has 0 aliphatic heterocycles. The molecule has 0 heterocycles.